The van der Waals surface area contributed by atoms with Crippen molar-refractivity contribution in [2.45, 2.75) is 20.0 Å². The highest BCUT2D eigenvalue weighted by Crippen LogP contribution is 2.25. The molecule has 0 unspecified atom stereocenters. The molecule has 1 aliphatic heterocycles. The van der Waals surface area contributed by atoms with Crippen molar-refractivity contribution in [3.05, 3.63) is 53.6 Å². The largest absolute Gasteiger partial charge is 0.489 e. The van der Waals surface area contributed by atoms with E-state index < -0.39 is 0 Å². The Balaban J connectivity index is 1.58. The molecule has 0 radical (unpaired) electrons. The number of hydrogen-bond acceptors (Lipinski definition) is 3. The van der Waals surface area contributed by atoms with Crippen molar-refractivity contribution in [1.82, 2.24) is 4.90 Å². The summed E-state index contributed by atoms with van der Waals surface area (Å²) in [5.74, 6) is 0.690. The summed E-state index contributed by atoms with van der Waals surface area (Å²) in [6.45, 7) is 6.85. The summed E-state index contributed by atoms with van der Waals surface area (Å²) in [6.07, 6.45) is 0.0518. The van der Waals surface area contributed by atoms with Crippen molar-refractivity contribution in [2.75, 3.05) is 36.4 Å². The third kappa shape index (κ3) is 4.61. The first-order valence-electron chi connectivity index (χ1n) is 8.85. The summed E-state index contributed by atoms with van der Waals surface area (Å²) >= 11 is 5.95. The minimum absolute atomic E-state index is 0.0518. The van der Waals surface area contributed by atoms with Gasteiger partial charge in [-0.2, -0.15) is 0 Å². The van der Waals surface area contributed by atoms with E-state index in [0.29, 0.717) is 24.5 Å². The van der Waals surface area contributed by atoms with Crippen LogP contribution in [0.4, 0.5) is 16.2 Å². The van der Waals surface area contributed by atoms with Crippen molar-refractivity contribution in [2.24, 2.45) is 0 Å². The van der Waals surface area contributed by atoms with Gasteiger partial charge in [-0.05, 0) is 50.2 Å². The van der Waals surface area contributed by atoms with Crippen molar-refractivity contribution < 1.29 is 9.53 Å². The first-order valence-corrected chi connectivity index (χ1v) is 9.23. The van der Waals surface area contributed by atoms with Gasteiger partial charge in [0.05, 0.1) is 11.8 Å². The zero-order valence-corrected chi connectivity index (χ0v) is 15.9. The Kier molecular flexibility index (Phi) is 5.89. The highest BCUT2D eigenvalue weighted by molar-refractivity contribution is 6.30. The molecule has 3 rings (SSSR count). The molecule has 2 aromatic carbocycles. The molecule has 0 spiro atoms. The molecular weight excluding hydrogens is 350 g/mol. The summed E-state index contributed by atoms with van der Waals surface area (Å²) < 4.78 is 5.77. The number of carbonyl (C=O) groups is 1. The molecule has 1 saturated heterocycles. The van der Waals surface area contributed by atoms with Crippen molar-refractivity contribution in [1.29, 1.82) is 0 Å². The number of hydrogen-bond donors (Lipinski definition) is 1. The van der Waals surface area contributed by atoms with Crippen molar-refractivity contribution in [3.8, 4) is 5.75 Å². The van der Waals surface area contributed by atoms with E-state index >= 15 is 0 Å². The number of nitrogens with zero attached hydrogens (tertiary/aromatic N) is 2. The zero-order valence-electron chi connectivity index (χ0n) is 15.1. The second-order valence-electron chi connectivity index (χ2n) is 6.54. The van der Waals surface area contributed by atoms with Gasteiger partial charge >= 0.3 is 6.03 Å². The van der Waals surface area contributed by atoms with Crippen LogP contribution in [0, 0.1) is 0 Å². The number of amides is 2. The lowest BCUT2D eigenvalue weighted by molar-refractivity contribution is 0.207. The maximum absolute atomic E-state index is 12.6. The third-order valence-electron chi connectivity index (χ3n) is 4.25. The second kappa shape index (κ2) is 8.32. The molecule has 0 bridgehead atoms. The number of para-hydroxylation sites is 2. The maximum atomic E-state index is 12.6. The normalized spacial score (nSPS) is 14.5. The van der Waals surface area contributed by atoms with E-state index in [2.05, 4.69) is 10.2 Å². The highest BCUT2D eigenvalue weighted by atomic mass is 35.5. The van der Waals surface area contributed by atoms with Gasteiger partial charge in [0.2, 0.25) is 0 Å². The number of ether oxygens (including phenoxy) is 1. The van der Waals surface area contributed by atoms with E-state index in [1.807, 2.05) is 67.3 Å². The summed E-state index contributed by atoms with van der Waals surface area (Å²) in [7, 11) is 0. The Hall–Kier alpha value is -2.40. The fourth-order valence-electron chi connectivity index (χ4n) is 2.94. The highest BCUT2D eigenvalue weighted by Gasteiger charge is 2.22. The smallest absolute Gasteiger partial charge is 0.322 e. The van der Waals surface area contributed by atoms with E-state index in [1.54, 1.807) is 0 Å². The molecule has 6 heteroatoms. The predicted octanol–water partition coefficient (Wildman–Crippen LogP) is 4.48. The van der Waals surface area contributed by atoms with Gasteiger partial charge in [-0.3, -0.25) is 0 Å². The Bertz CT molecular complexity index is 741. The first-order chi connectivity index (χ1) is 12.5. The predicted molar refractivity (Wildman–Crippen MR) is 106 cm³/mol. The van der Waals surface area contributed by atoms with Gasteiger partial charge in [0.15, 0.2) is 0 Å². The molecule has 1 fully saturated rings. The van der Waals surface area contributed by atoms with Crippen LogP contribution >= 0.6 is 11.6 Å². The van der Waals surface area contributed by atoms with Crippen molar-refractivity contribution in [3.63, 3.8) is 0 Å². The van der Waals surface area contributed by atoms with Crippen LogP contribution in [0.15, 0.2) is 48.5 Å². The van der Waals surface area contributed by atoms with Crippen LogP contribution in [0.1, 0.15) is 13.8 Å². The minimum Gasteiger partial charge on any atom is -0.489 e. The van der Waals surface area contributed by atoms with Crippen molar-refractivity contribution >= 4 is 29.0 Å². The Morgan fingerprint density at radius 3 is 2.35 bits per heavy atom. The lowest BCUT2D eigenvalue weighted by atomic mass is 10.2. The lowest BCUT2D eigenvalue weighted by Gasteiger charge is -2.36. The quantitative estimate of drug-likeness (QED) is 0.859. The average Bonchev–Trinajstić information content (AvgIpc) is 2.64. The van der Waals surface area contributed by atoms with Crippen LogP contribution in [0.25, 0.3) is 0 Å². The molecule has 0 atom stereocenters. The number of nitrogens with one attached hydrogen (secondary N) is 1. The number of piperazine rings is 1. The molecule has 0 aromatic heterocycles. The van der Waals surface area contributed by atoms with Gasteiger partial charge in [-0.15, -0.1) is 0 Å². The van der Waals surface area contributed by atoms with Crippen LogP contribution < -0.4 is 15.0 Å². The Morgan fingerprint density at radius 2 is 1.69 bits per heavy atom. The van der Waals surface area contributed by atoms with Gasteiger partial charge in [0.25, 0.3) is 0 Å². The molecule has 5 nitrogen and oxygen atoms in total. The molecule has 1 aliphatic rings. The van der Waals surface area contributed by atoms with Crippen LogP contribution in [0.3, 0.4) is 0 Å². The minimum atomic E-state index is -0.0967. The van der Waals surface area contributed by atoms with Gasteiger partial charge < -0.3 is 19.9 Å². The molecule has 26 heavy (non-hydrogen) atoms. The summed E-state index contributed by atoms with van der Waals surface area (Å²) in [5, 5.41) is 3.70. The Morgan fingerprint density at radius 1 is 1.04 bits per heavy atom. The standard InChI is InChI=1S/C20H24ClN3O2/c1-15(2)26-19-6-4-3-5-18(19)22-20(25)24-13-11-23(12-14-24)17-9-7-16(21)8-10-17/h3-10,15H,11-14H2,1-2H3,(H,22,25). The molecule has 1 heterocycles. The monoisotopic (exact) mass is 373 g/mol. The molecule has 2 aromatic rings. The fraction of sp³-hybridized carbons (Fsp3) is 0.350. The molecule has 138 valence electrons. The fourth-order valence-corrected chi connectivity index (χ4v) is 3.07. The SMILES string of the molecule is CC(C)Oc1ccccc1NC(=O)N1CCN(c2ccc(Cl)cc2)CC1. The van der Waals surface area contributed by atoms with Gasteiger partial charge in [-0.25, -0.2) is 4.79 Å². The van der Waals surface area contributed by atoms with Crippen LogP contribution in [-0.4, -0.2) is 43.2 Å². The summed E-state index contributed by atoms with van der Waals surface area (Å²) in [4.78, 5) is 16.7. The number of halogens is 1. The van der Waals surface area contributed by atoms with E-state index in [4.69, 9.17) is 16.3 Å². The van der Waals surface area contributed by atoms with Crippen LogP contribution in [0.5, 0.6) is 5.75 Å². The molecule has 0 aliphatic carbocycles. The Labute approximate surface area is 159 Å². The molecular formula is C20H24ClN3O2. The van der Waals surface area contributed by atoms with Gasteiger partial charge in [0, 0.05) is 36.9 Å². The van der Waals surface area contributed by atoms with E-state index in [1.165, 1.54) is 0 Å². The topological polar surface area (TPSA) is 44.8 Å². The second-order valence-corrected chi connectivity index (χ2v) is 6.98. The third-order valence-corrected chi connectivity index (χ3v) is 4.50. The zero-order chi connectivity index (χ0) is 18.5. The number of benzene rings is 2. The summed E-state index contributed by atoms with van der Waals surface area (Å²) in [6, 6.07) is 15.2. The van der Waals surface area contributed by atoms with Gasteiger partial charge in [0.1, 0.15) is 5.75 Å². The number of urea groups is 1. The lowest BCUT2D eigenvalue weighted by Crippen LogP contribution is -2.50. The first kappa shape index (κ1) is 18.4. The number of carbonyl (C=O) groups excluding carboxylic acids is 1. The van der Waals surface area contributed by atoms with Crippen LogP contribution in [-0.2, 0) is 0 Å². The summed E-state index contributed by atoms with van der Waals surface area (Å²) in [5.41, 5.74) is 1.83. The molecule has 1 N–H and O–H groups in total. The molecule has 0 saturated carbocycles. The van der Waals surface area contributed by atoms with E-state index in [0.717, 1.165) is 23.8 Å². The average molecular weight is 374 g/mol. The molecule has 2 amide bonds. The number of rotatable bonds is 4. The number of anilines is 2. The van der Waals surface area contributed by atoms with Crippen LogP contribution in [0.2, 0.25) is 5.02 Å². The van der Waals surface area contributed by atoms with E-state index in [-0.39, 0.29) is 12.1 Å². The van der Waals surface area contributed by atoms with Gasteiger partial charge in [-0.1, -0.05) is 23.7 Å². The maximum Gasteiger partial charge on any atom is 0.322 e. The van der Waals surface area contributed by atoms with E-state index in [9.17, 15) is 4.79 Å².